The lowest BCUT2D eigenvalue weighted by Crippen LogP contribution is -2.48. The van der Waals surface area contributed by atoms with Crippen molar-refractivity contribution in [1.82, 2.24) is 10.2 Å². The van der Waals surface area contributed by atoms with E-state index in [9.17, 15) is 9.59 Å². The zero-order valence-electron chi connectivity index (χ0n) is 8.12. The molecule has 0 aromatic rings. The Kier molecular flexibility index (Phi) is 5.88. The first-order valence-electron chi connectivity index (χ1n) is 4.25. The molecule has 0 aliphatic carbocycles. The Morgan fingerprint density at radius 3 is 2.54 bits per heavy atom. The van der Waals surface area contributed by atoms with Gasteiger partial charge in [-0.1, -0.05) is 0 Å². The minimum atomic E-state index is -0.333. The van der Waals surface area contributed by atoms with E-state index in [1.54, 1.807) is 4.90 Å². The van der Waals surface area contributed by atoms with Crippen LogP contribution in [0.1, 0.15) is 13.8 Å². The number of nitrogens with one attached hydrogen (secondary N) is 1. The summed E-state index contributed by atoms with van der Waals surface area (Å²) in [5.74, 6) is -0.333. The van der Waals surface area contributed by atoms with Crippen molar-refractivity contribution < 1.29 is 9.59 Å². The van der Waals surface area contributed by atoms with Gasteiger partial charge in [-0.05, 0) is 6.92 Å². The Morgan fingerprint density at radius 1 is 1.69 bits per heavy atom. The van der Waals surface area contributed by atoms with Gasteiger partial charge in [-0.2, -0.15) is 0 Å². The summed E-state index contributed by atoms with van der Waals surface area (Å²) in [6.07, 6.45) is 0.914. The molecule has 76 valence electrons. The number of carbonyl (C=O) groups excluding carboxylic acids is 2. The zero-order chi connectivity index (χ0) is 10.3. The number of amides is 2. The fourth-order valence-corrected chi connectivity index (χ4v) is 1.06. The molecule has 0 unspecified atom stereocenters. The van der Waals surface area contributed by atoms with Crippen LogP contribution in [0.15, 0.2) is 0 Å². The van der Waals surface area contributed by atoms with Crippen molar-refractivity contribution >= 4 is 12.3 Å². The maximum absolute atomic E-state index is 10.2. The normalized spacial score (nSPS) is 21.4. The van der Waals surface area contributed by atoms with E-state index in [2.05, 4.69) is 18.0 Å². The SMILES string of the molecule is CC(N)=O.C[C@H]1CN(C=O)CCN1. The molecule has 0 saturated carbocycles. The van der Waals surface area contributed by atoms with Crippen LogP contribution in [0.5, 0.6) is 0 Å². The molecule has 0 aromatic carbocycles. The van der Waals surface area contributed by atoms with Gasteiger partial charge in [0.15, 0.2) is 0 Å². The van der Waals surface area contributed by atoms with E-state index in [-0.39, 0.29) is 5.91 Å². The molecule has 5 nitrogen and oxygen atoms in total. The molecule has 2 amide bonds. The van der Waals surface area contributed by atoms with Gasteiger partial charge in [0, 0.05) is 32.6 Å². The van der Waals surface area contributed by atoms with Crippen LogP contribution < -0.4 is 11.1 Å². The summed E-state index contributed by atoms with van der Waals surface area (Å²) in [5, 5.41) is 3.25. The Labute approximate surface area is 78.3 Å². The van der Waals surface area contributed by atoms with Gasteiger partial charge in [0.05, 0.1) is 0 Å². The summed E-state index contributed by atoms with van der Waals surface area (Å²) in [4.78, 5) is 21.2. The number of nitrogens with two attached hydrogens (primary N) is 1. The molecule has 1 atom stereocenters. The maximum Gasteiger partial charge on any atom is 0.214 e. The van der Waals surface area contributed by atoms with E-state index >= 15 is 0 Å². The van der Waals surface area contributed by atoms with Crippen molar-refractivity contribution in [1.29, 1.82) is 0 Å². The fourth-order valence-electron chi connectivity index (χ4n) is 1.06. The van der Waals surface area contributed by atoms with E-state index < -0.39 is 0 Å². The minimum Gasteiger partial charge on any atom is -0.370 e. The quantitative estimate of drug-likeness (QED) is 0.513. The fraction of sp³-hybridized carbons (Fsp3) is 0.750. The molecule has 3 N–H and O–H groups in total. The summed E-state index contributed by atoms with van der Waals surface area (Å²) in [7, 11) is 0. The van der Waals surface area contributed by atoms with Crippen LogP contribution in [0.25, 0.3) is 0 Å². The van der Waals surface area contributed by atoms with E-state index in [4.69, 9.17) is 0 Å². The lowest BCUT2D eigenvalue weighted by atomic mass is 10.2. The highest BCUT2D eigenvalue weighted by Gasteiger charge is 2.12. The van der Waals surface area contributed by atoms with Crippen molar-refractivity contribution in [3.63, 3.8) is 0 Å². The summed E-state index contributed by atoms with van der Waals surface area (Å²) in [5.41, 5.74) is 4.47. The molecule has 1 aliphatic heterocycles. The van der Waals surface area contributed by atoms with Crippen LogP contribution in [-0.2, 0) is 9.59 Å². The molecule has 1 heterocycles. The summed E-state index contributed by atoms with van der Waals surface area (Å²) in [6, 6.07) is 0.462. The molecule has 13 heavy (non-hydrogen) atoms. The smallest absolute Gasteiger partial charge is 0.214 e. The van der Waals surface area contributed by atoms with Crippen LogP contribution in [0.4, 0.5) is 0 Å². The van der Waals surface area contributed by atoms with Crippen LogP contribution in [-0.4, -0.2) is 42.9 Å². The summed E-state index contributed by atoms with van der Waals surface area (Å²) in [6.45, 7) is 6.02. The van der Waals surface area contributed by atoms with Crippen molar-refractivity contribution in [3.8, 4) is 0 Å². The van der Waals surface area contributed by atoms with Gasteiger partial charge in [-0.3, -0.25) is 9.59 Å². The average Bonchev–Trinajstić information content (AvgIpc) is 2.03. The number of rotatable bonds is 1. The number of hydrogen-bond donors (Lipinski definition) is 2. The summed E-state index contributed by atoms with van der Waals surface area (Å²) < 4.78 is 0. The predicted molar refractivity (Wildman–Crippen MR) is 50.0 cm³/mol. The minimum absolute atomic E-state index is 0.333. The highest BCUT2D eigenvalue weighted by Crippen LogP contribution is 1.93. The molecule has 1 rings (SSSR count). The lowest BCUT2D eigenvalue weighted by molar-refractivity contribution is -0.119. The Balaban J connectivity index is 0.000000310. The van der Waals surface area contributed by atoms with Gasteiger partial charge in [0.1, 0.15) is 0 Å². The number of nitrogens with zero attached hydrogens (tertiary/aromatic N) is 1. The first-order chi connectivity index (χ1) is 6.06. The summed E-state index contributed by atoms with van der Waals surface area (Å²) >= 11 is 0. The van der Waals surface area contributed by atoms with Crippen molar-refractivity contribution in [3.05, 3.63) is 0 Å². The molecule has 0 spiro atoms. The molecule has 1 saturated heterocycles. The zero-order valence-corrected chi connectivity index (χ0v) is 8.12. The highest BCUT2D eigenvalue weighted by molar-refractivity contribution is 5.70. The molecule has 5 heteroatoms. The van der Waals surface area contributed by atoms with E-state index in [1.807, 2.05) is 0 Å². The molecular weight excluding hydrogens is 170 g/mol. The van der Waals surface area contributed by atoms with Gasteiger partial charge in [0.2, 0.25) is 12.3 Å². The second-order valence-corrected chi connectivity index (χ2v) is 3.07. The van der Waals surface area contributed by atoms with Crippen molar-refractivity contribution in [2.24, 2.45) is 5.73 Å². The largest absolute Gasteiger partial charge is 0.370 e. The predicted octanol–water partition coefficient (Wildman–Crippen LogP) is -1.07. The third-order valence-electron chi connectivity index (χ3n) is 1.55. The van der Waals surface area contributed by atoms with Gasteiger partial charge >= 0.3 is 0 Å². The molecule has 0 radical (unpaired) electrons. The van der Waals surface area contributed by atoms with Crippen molar-refractivity contribution in [2.75, 3.05) is 19.6 Å². The molecule has 1 aliphatic rings. The monoisotopic (exact) mass is 187 g/mol. The second-order valence-electron chi connectivity index (χ2n) is 3.07. The highest BCUT2D eigenvalue weighted by atomic mass is 16.1. The maximum atomic E-state index is 10.2. The molecule has 1 fully saturated rings. The number of piperazine rings is 1. The molecular formula is C8H17N3O2. The Bertz CT molecular complexity index is 169. The van der Waals surface area contributed by atoms with E-state index in [1.165, 1.54) is 6.92 Å². The topological polar surface area (TPSA) is 75.4 Å². The average molecular weight is 187 g/mol. The van der Waals surface area contributed by atoms with E-state index in [0.717, 1.165) is 26.0 Å². The number of primary amides is 1. The first-order valence-corrected chi connectivity index (χ1v) is 4.25. The van der Waals surface area contributed by atoms with Gasteiger partial charge in [0.25, 0.3) is 0 Å². The van der Waals surface area contributed by atoms with Crippen LogP contribution in [0.3, 0.4) is 0 Å². The molecule has 0 bridgehead atoms. The first kappa shape index (κ1) is 11.9. The van der Waals surface area contributed by atoms with Gasteiger partial charge < -0.3 is 16.0 Å². The van der Waals surface area contributed by atoms with E-state index in [0.29, 0.717) is 6.04 Å². The Morgan fingerprint density at radius 2 is 2.23 bits per heavy atom. The van der Waals surface area contributed by atoms with Crippen LogP contribution >= 0.6 is 0 Å². The lowest BCUT2D eigenvalue weighted by Gasteiger charge is -2.28. The molecule has 0 aromatic heterocycles. The third kappa shape index (κ3) is 7.27. The van der Waals surface area contributed by atoms with Gasteiger partial charge in [-0.15, -0.1) is 0 Å². The second kappa shape index (κ2) is 6.42. The van der Waals surface area contributed by atoms with Gasteiger partial charge in [-0.25, -0.2) is 0 Å². The Hall–Kier alpha value is -1.10. The van der Waals surface area contributed by atoms with Crippen LogP contribution in [0.2, 0.25) is 0 Å². The standard InChI is InChI=1S/C6H12N2O.C2H5NO/c1-6-4-8(5-9)3-2-7-6;1-2(3)4/h5-7H,2-4H2,1H3;1H3,(H2,3,4)/t6-;/m0./s1. The van der Waals surface area contributed by atoms with Crippen molar-refractivity contribution in [2.45, 2.75) is 19.9 Å². The number of hydrogen-bond acceptors (Lipinski definition) is 3. The van der Waals surface area contributed by atoms with Crippen LogP contribution in [0, 0.1) is 0 Å². The third-order valence-corrected chi connectivity index (χ3v) is 1.55. The number of carbonyl (C=O) groups is 2.